The molecule has 0 radical (unpaired) electrons. The molecule has 2 aromatic rings. The van der Waals surface area contributed by atoms with Gasteiger partial charge in [-0.05, 0) is 30.7 Å². The molecule has 0 aromatic heterocycles. The SMILES string of the molecule is C[C@H](N)c1ccccc1Sc1ccc(F)cc1F. The summed E-state index contributed by atoms with van der Waals surface area (Å²) in [6, 6.07) is 11.0. The number of nitrogens with two attached hydrogens (primary N) is 1. The molecule has 0 saturated heterocycles. The van der Waals surface area contributed by atoms with Crippen LogP contribution in [0.1, 0.15) is 18.5 Å². The summed E-state index contributed by atoms with van der Waals surface area (Å²) in [6.45, 7) is 1.88. The normalized spacial score (nSPS) is 12.4. The molecule has 18 heavy (non-hydrogen) atoms. The van der Waals surface area contributed by atoms with Crippen molar-refractivity contribution in [3.05, 3.63) is 59.7 Å². The molecule has 0 aliphatic rings. The fourth-order valence-electron chi connectivity index (χ4n) is 1.63. The van der Waals surface area contributed by atoms with Crippen LogP contribution in [-0.2, 0) is 0 Å². The van der Waals surface area contributed by atoms with Crippen LogP contribution in [0, 0.1) is 11.6 Å². The van der Waals surface area contributed by atoms with Crippen molar-refractivity contribution in [3.63, 3.8) is 0 Å². The Bertz CT molecular complexity index is 555. The Kier molecular flexibility index (Phi) is 3.99. The van der Waals surface area contributed by atoms with Crippen LogP contribution < -0.4 is 5.73 Å². The van der Waals surface area contributed by atoms with Crippen LogP contribution in [0.25, 0.3) is 0 Å². The quantitative estimate of drug-likeness (QED) is 0.902. The minimum absolute atomic E-state index is 0.128. The minimum atomic E-state index is -0.572. The summed E-state index contributed by atoms with van der Waals surface area (Å²) in [5.74, 6) is -1.13. The first-order valence-corrected chi connectivity index (χ1v) is 6.37. The van der Waals surface area contributed by atoms with Gasteiger partial charge in [0.05, 0.1) is 0 Å². The lowest BCUT2D eigenvalue weighted by Gasteiger charge is -2.12. The van der Waals surface area contributed by atoms with E-state index in [2.05, 4.69) is 0 Å². The van der Waals surface area contributed by atoms with E-state index in [-0.39, 0.29) is 6.04 Å². The van der Waals surface area contributed by atoms with Gasteiger partial charge in [0.15, 0.2) is 0 Å². The number of halogens is 2. The lowest BCUT2D eigenvalue weighted by Crippen LogP contribution is -2.06. The zero-order valence-corrected chi connectivity index (χ0v) is 10.7. The third-order valence-electron chi connectivity index (χ3n) is 2.52. The van der Waals surface area contributed by atoms with Crippen molar-refractivity contribution < 1.29 is 8.78 Å². The Morgan fingerprint density at radius 2 is 1.78 bits per heavy atom. The largest absolute Gasteiger partial charge is 0.324 e. The second-order valence-electron chi connectivity index (χ2n) is 4.00. The Morgan fingerprint density at radius 3 is 2.44 bits per heavy atom. The van der Waals surface area contributed by atoms with Crippen LogP contribution in [0.2, 0.25) is 0 Å². The highest BCUT2D eigenvalue weighted by atomic mass is 32.2. The van der Waals surface area contributed by atoms with Crippen molar-refractivity contribution in [2.45, 2.75) is 22.8 Å². The predicted molar refractivity (Wildman–Crippen MR) is 69.5 cm³/mol. The molecule has 1 nitrogen and oxygen atoms in total. The monoisotopic (exact) mass is 265 g/mol. The Morgan fingerprint density at radius 1 is 1.06 bits per heavy atom. The molecule has 0 unspecified atom stereocenters. The highest BCUT2D eigenvalue weighted by Gasteiger charge is 2.10. The third-order valence-corrected chi connectivity index (χ3v) is 3.67. The predicted octanol–water partition coefficient (Wildman–Crippen LogP) is 4.14. The van der Waals surface area contributed by atoms with Crippen LogP contribution in [0.4, 0.5) is 8.78 Å². The summed E-state index contributed by atoms with van der Waals surface area (Å²) in [5, 5.41) is 0. The second kappa shape index (κ2) is 5.50. The molecule has 0 saturated carbocycles. The van der Waals surface area contributed by atoms with E-state index in [1.54, 1.807) is 0 Å². The van der Waals surface area contributed by atoms with Crippen molar-refractivity contribution in [1.82, 2.24) is 0 Å². The summed E-state index contributed by atoms with van der Waals surface area (Å²) >= 11 is 1.26. The molecule has 0 spiro atoms. The molecule has 0 aliphatic carbocycles. The van der Waals surface area contributed by atoms with Gasteiger partial charge >= 0.3 is 0 Å². The molecule has 2 N–H and O–H groups in total. The van der Waals surface area contributed by atoms with Gasteiger partial charge in [-0.25, -0.2) is 8.78 Å². The molecular formula is C14H13F2NS. The van der Waals surface area contributed by atoms with Gasteiger partial charge in [-0.1, -0.05) is 30.0 Å². The molecule has 1 atom stereocenters. The van der Waals surface area contributed by atoms with Gasteiger partial charge in [0.1, 0.15) is 11.6 Å². The molecule has 2 aromatic carbocycles. The van der Waals surface area contributed by atoms with Gasteiger partial charge in [0.2, 0.25) is 0 Å². The highest BCUT2D eigenvalue weighted by Crippen LogP contribution is 2.34. The minimum Gasteiger partial charge on any atom is -0.324 e. The molecule has 0 amide bonds. The Hall–Kier alpha value is -1.39. The van der Waals surface area contributed by atoms with Crippen LogP contribution >= 0.6 is 11.8 Å². The molecule has 0 aliphatic heterocycles. The standard InChI is InChI=1S/C14H13F2NS/c1-9(17)11-4-2-3-5-13(11)18-14-7-6-10(15)8-12(14)16/h2-9H,17H2,1H3/t9-/m0/s1. The zero-order valence-electron chi connectivity index (χ0n) is 9.86. The van der Waals surface area contributed by atoms with Gasteiger partial charge < -0.3 is 5.73 Å². The summed E-state index contributed by atoms with van der Waals surface area (Å²) < 4.78 is 26.4. The number of hydrogen-bond donors (Lipinski definition) is 1. The van der Waals surface area contributed by atoms with Gasteiger partial charge in [-0.2, -0.15) is 0 Å². The molecule has 94 valence electrons. The topological polar surface area (TPSA) is 26.0 Å². The smallest absolute Gasteiger partial charge is 0.140 e. The van der Waals surface area contributed by atoms with Gasteiger partial charge in [-0.3, -0.25) is 0 Å². The van der Waals surface area contributed by atoms with Crippen LogP contribution in [-0.4, -0.2) is 0 Å². The molecule has 2 rings (SSSR count). The first-order chi connectivity index (χ1) is 8.58. The summed E-state index contributed by atoms with van der Waals surface area (Å²) in [6.07, 6.45) is 0. The Balaban J connectivity index is 2.34. The van der Waals surface area contributed by atoms with E-state index in [1.807, 2.05) is 31.2 Å². The van der Waals surface area contributed by atoms with E-state index in [9.17, 15) is 8.78 Å². The molecular weight excluding hydrogens is 252 g/mol. The molecule has 0 fully saturated rings. The van der Waals surface area contributed by atoms with Crippen molar-refractivity contribution in [2.75, 3.05) is 0 Å². The van der Waals surface area contributed by atoms with Gasteiger partial charge in [-0.15, -0.1) is 0 Å². The summed E-state index contributed by atoms with van der Waals surface area (Å²) in [4.78, 5) is 1.28. The average molecular weight is 265 g/mol. The van der Waals surface area contributed by atoms with Crippen LogP contribution in [0.3, 0.4) is 0 Å². The molecule has 0 bridgehead atoms. The van der Waals surface area contributed by atoms with E-state index in [0.29, 0.717) is 4.90 Å². The van der Waals surface area contributed by atoms with E-state index in [1.165, 1.54) is 23.9 Å². The molecule has 4 heteroatoms. The summed E-state index contributed by atoms with van der Waals surface area (Å²) in [7, 11) is 0. The van der Waals surface area contributed by atoms with E-state index in [4.69, 9.17) is 5.73 Å². The number of hydrogen-bond acceptors (Lipinski definition) is 2. The third kappa shape index (κ3) is 2.89. The lowest BCUT2D eigenvalue weighted by molar-refractivity contribution is 0.565. The van der Waals surface area contributed by atoms with Gasteiger partial charge in [0, 0.05) is 21.9 Å². The second-order valence-corrected chi connectivity index (χ2v) is 5.09. The van der Waals surface area contributed by atoms with E-state index >= 15 is 0 Å². The lowest BCUT2D eigenvalue weighted by atomic mass is 10.1. The average Bonchev–Trinajstić information content (AvgIpc) is 2.33. The van der Waals surface area contributed by atoms with E-state index in [0.717, 1.165) is 16.5 Å². The van der Waals surface area contributed by atoms with Crippen molar-refractivity contribution >= 4 is 11.8 Å². The van der Waals surface area contributed by atoms with Crippen molar-refractivity contribution in [2.24, 2.45) is 5.73 Å². The maximum absolute atomic E-state index is 13.6. The van der Waals surface area contributed by atoms with Crippen LogP contribution in [0.5, 0.6) is 0 Å². The van der Waals surface area contributed by atoms with Crippen molar-refractivity contribution in [3.8, 4) is 0 Å². The molecule has 0 heterocycles. The fourth-order valence-corrected chi connectivity index (χ4v) is 2.67. The number of benzene rings is 2. The fraction of sp³-hybridized carbons (Fsp3) is 0.143. The zero-order chi connectivity index (χ0) is 13.1. The van der Waals surface area contributed by atoms with Gasteiger partial charge in [0.25, 0.3) is 0 Å². The number of rotatable bonds is 3. The highest BCUT2D eigenvalue weighted by molar-refractivity contribution is 7.99. The maximum Gasteiger partial charge on any atom is 0.140 e. The summed E-state index contributed by atoms with van der Waals surface area (Å²) in [5.41, 5.74) is 6.81. The van der Waals surface area contributed by atoms with E-state index < -0.39 is 11.6 Å². The Labute approximate surface area is 109 Å². The van der Waals surface area contributed by atoms with Crippen molar-refractivity contribution in [1.29, 1.82) is 0 Å². The first-order valence-electron chi connectivity index (χ1n) is 5.55. The van der Waals surface area contributed by atoms with Crippen LogP contribution in [0.15, 0.2) is 52.3 Å². The maximum atomic E-state index is 13.6. The first kappa shape index (κ1) is 13.1.